The van der Waals surface area contributed by atoms with Crippen molar-refractivity contribution in [2.45, 2.75) is 12.3 Å². The minimum absolute atomic E-state index is 0.00463. The highest BCUT2D eigenvalue weighted by molar-refractivity contribution is 9.09. The van der Waals surface area contributed by atoms with Crippen molar-refractivity contribution >= 4 is 27.5 Å². The molecule has 1 unspecified atom stereocenters. The van der Waals surface area contributed by atoms with Gasteiger partial charge in [-0.3, -0.25) is 0 Å². The van der Waals surface area contributed by atoms with Gasteiger partial charge < -0.3 is 0 Å². The largest absolute Gasteiger partial charge is 0.207 e. The molecule has 0 radical (unpaired) electrons. The molecule has 100 valence electrons. The highest BCUT2D eigenvalue weighted by Gasteiger charge is 2.16. The van der Waals surface area contributed by atoms with Crippen molar-refractivity contribution in [3.05, 3.63) is 70.2 Å². The zero-order valence-electron chi connectivity index (χ0n) is 10.0. The molecule has 0 aliphatic heterocycles. The maximum Gasteiger partial charge on any atom is 0.126 e. The van der Waals surface area contributed by atoms with E-state index in [1.54, 1.807) is 6.07 Å². The van der Waals surface area contributed by atoms with Crippen LogP contribution in [0, 0.1) is 11.6 Å². The predicted molar refractivity (Wildman–Crippen MR) is 78.0 cm³/mol. The summed E-state index contributed by atoms with van der Waals surface area (Å²) < 4.78 is 26.8. The van der Waals surface area contributed by atoms with Gasteiger partial charge in [-0.1, -0.05) is 45.7 Å². The van der Waals surface area contributed by atoms with Gasteiger partial charge in [0.1, 0.15) is 11.6 Å². The molecule has 4 heteroatoms. The maximum absolute atomic E-state index is 13.7. The number of halogens is 4. The molecule has 0 amide bonds. The van der Waals surface area contributed by atoms with Crippen LogP contribution in [-0.2, 0) is 6.42 Å². The highest BCUT2D eigenvalue weighted by Crippen LogP contribution is 2.29. The number of benzene rings is 2. The Morgan fingerprint density at radius 2 is 1.84 bits per heavy atom. The molecule has 0 nitrogen and oxygen atoms in total. The minimum atomic E-state index is -0.427. The Bertz CT molecular complexity index is 572. The standard InChI is InChI=1S/C15H12BrClF2/c16-9-11(13-3-1-2-4-14(13)17)7-10-8-12(18)5-6-15(10)19/h1-6,8,11H,7,9H2. The molecule has 2 aromatic carbocycles. The lowest BCUT2D eigenvalue weighted by atomic mass is 9.93. The Labute approximate surface area is 124 Å². The van der Waals surface area contributed by atoms with Crippen molar-refractivity contribution in [2.75, 3.05) is 5.33 Å². The summed E-state index contributed by atoms with van der Waals surface area (Å²) >= 11 is 9.56. The van der Waals surface area contributed by atoms with E-state index in [0.717, 1.165) is 17.7 Å². The third kappa shape index (κ3) is 3.54. The fraction of sp³-hybridized carbons (Fsp3) is 0.200. The van der Waals surface area contributed by atoms with Gasteiger partial charge in [-0.25, -0.2) is 8.78 Å². The molecule has 0 aliphatic carbocycles. The van der Waals surface area contributed by atoms with Gasteiger partial charge in [0.2, 0.25) is 0 Å². The van der Waals surface area contributed by atoms with Gasteiger partial charge in [-0.2, -0.15) is 0 Å². The zero-order chi connectivity index (χ0) is 13.8. The molecule has 0 heterocycles. The second-order valence-electron chi connectivity index (χ2n) is 4.31. The summed E-state index contributed by atoms with van der Waals surface area (Å²) in [4.78, 5) is 0. The quantitative estimate of drug-likeness (QED) is 0.656. The average Bonchev–Trinajstić information content (AvgIpc) is 2.41. The molecule has 0 bridgehead atoms. The molecular weight excluding hydrogens is 334 g/mol. The van der Waals surface area contributed by atoms with Crippen LogP contribution in [0.15, 0.2) is 42.5 Å². The fourth-order valence-corrected chi connectivity index (χ4v) is 2.89. The van der Waals surface area contributed by atoms with E-state index >= 15 is 0 Å². The SMILES string of the molecule is Fc1ccc(F)c(CC(CBr)c2ccccc2Cl)c1. The van der Waals surface area contributed by atoms with Crippen LogP contribution in [0.2, 0.25) is 5.02 Å². The van der Waals surface area contributed by atoms with E-state index in [1.807, 2.05) is 18.2 Å². The third-order valence-electron chi connectivity index (χ3n) is 3.01. The Kier molecular flexibility index (Phi) is 4.94. The van der Waals surface area contributed by atoms with E-state index < -0.39 is 5.82 Å². The van der Waals surface area contributed by atoms with Crippen molar-refractivity contribution < 1.29 is 8.78 Å². The van der Waals surface area contributed by atoms with Gasteiger partial charge in [0.05, 0.1) is 0 Å². The van der Waals surface area contributed by atoms with Gasteiger partial charge in [-0.15, -0.1) is 0 Å². The van der Waals surface area contributed by atoms with Crippen LogP contribution in [0.3, 0.4) is 0 Å². The van der Waals surface area contributed by atoms with E-state index in [2.05, 4.69) is 15.9 Å². The van der Waals surface area contributed by atoms with Crippen LogP contribution in [0.25, 0.3) is 0 Å². The van der Waals surface area contributed by atoms with Crippen molar-refractivity contribution in [3.8, 4) is 0 Å². The summed E-state index contributed by atoms with van der Waals surface area (Å²) in [6, 6.07) is 11.0. The second kappa shape index (κ2) is 6.49. The Hall–Kier alpha value is -0.930. The lowest BCUT2D eigenvalue weighted by Crippen LogP contribution is -2.07. The summed E-state index contributed by atoms with van der Waals surface area (Å²) in [6.07, 6.45) is 0.401. The van der Waals surface area contributed by atoms with E-state index in [9.17, 15) is 8.78 Å². The number of hydrogen-bond donors (Lipinski definition) is 0. The van der Waals surface area contributed by atoms with Gasteiger partial charge in [0, 0.05) is 10.4 Å². The number of hydrogen-bond acceptors (Lipinski definition) is 0. The highest BCUT2D eigenvalue weighted by atomic mass is 79.9. The van der Waals surface area contributed by atoms with E-state index in [1.165, 1.54) is 6.07 Å². The molecule has 0 aromatic heterocycles. The van der Waals surface area contributed by atoms with Crippen molar-refractivity contribution in [1.82, 2.24) is 0 Å². The van der Waals surface area contributed by atoms with Gasteiger partial charge in [0.25, 0.3) is 0 Å². The first kappa shape index (κ1) is 14.5. The molecule has 0 aliphatic rings. The molecule has 0 saturated heterocycles. The van der Waals surface area contributed by atoms with E-state index in [-0.39, 0.29) is 11.7 Å². The second-order valence-corrected chi connectivity index (χ2v) is 5.37. The zero-order valence-corrected chi connectivity index (χ0v) is 12.4. The van der Waals surface area contributed by atoms with Crippen molar-refractivity contribution in [1.29, 1.82) is 0 Å². The monoisotopic (exact) mass is 344 g/mol. The first-order valence-electron chi connectivity index (χ1n) is 5.86. The van der Waals surface area contributed by atoms with Gasteiger partial charge in [0.15, 0.2) is 0 Å². The van der Waals surface area contributed by atoms with Crippen LogP contribution < -0.4 is 0 Å². The molecule has 0 spiro atoms. The Morgan fingerprint density at radius 1 is 1.11 bits per heavy atom. The number of rotatable bonds is 4. The topological polar surface area (TPSA) is 0 Å². The lowest BCUT2D eigenvalue weighted by molar-refractivity contribution is 0.577. The van der Waals surface area contributed by atoms with Crippen LogP contribution in [-0.4, -0.2) is 5.33 Å². The number of alkyl halides is 1. The lowest BCUT2D eigenvalue weighted by Gasteiger charge is -2.16. The molecule has 2 aromatic rings. The van der Waals surface area contributed by atoms with Crippen molar-refractivity contribution in [2.24, 2.45) is 0 Å². The van der Waals surface area contributed by atoms with Crippen LogP contribution in [0.4, 0.5) is 8.78 Å². The first-order chi connectivity index (χ1) is 9.11. The minimum Gasteiger partial charge on any atom is -0.207 e. The molecule has 1 atom stereocenters. The Morgan fingerprint density at radius 3 is 2.53 bits per heavy atom. The van der Waals surface area contributed by atoms with Crippen LogP contribution in [0.1, 0.15) is 17.0 Å². The van der Waals surface area contributed by atoms with Crippen molar-refractivity contribution in [3.63, 3.8) is 0 Å². The molecule has 19 heavy (non-hydrogen) atoms. The summed E-state index contributed by atoms with van der Waals surface area (Å²) in [7, 11) is 0. The van der Waals surface area contributed by atoms with Crippen LogP contribution >= 0.6 is 27.5 Å². The molecule has 0 fully saturated rings. The van der Waals surface area contributed by atoms with E-state index in [4.69, 9.17) is 11.6 Å². The molecule has 0 N–H and O–H groups in total. The Balaban J connectivity index is 2.29. The van der Waals surface area contributed by atoms with Gasteiger partial charge in [-0.05, 0) is 47.7 Å². The summed E-state index contributed by atoms with van der Waals surface area (Å²) in [5.74, 6) is -0.812. The average molecular weight is 346 g/mol. The third-order valence-corrected chi connectivity index (χ3v) is 4.13. The van der Waals surface area contributed by atoms with Crippen LogP contribution in [0.5, 0.6) is 0 Å². The summed E-state index contributed by atoms with van der Waals surface area (Å²) in [5, 5.41) is 1.27. The normalized spacial score (nSPS) is 12.4. The molecular formula is C15H12BrClF2. The summed E-state index contributed by atoms with van der Waals surface area (Å²) in [6.45, 7) is 0. The predicted octanol–water partition coefficient (Wildman–Crippen LogP) is 5.34. The molecule has 0 saturated carbocycles. The first-order valence-corrected chi connectivity index (χ1v) is 7.36. The fourth-order valence-electron chi connectivity index (χ4n) is 2.02. The maximum atomic E-state index is 13.7. The smallest absolute Gasteiger partial charge is 0.126 e. The molecule has 2 rings (SSSR count). The van der Waals surface area contributed by atoms with E-state index in [0.29, 0.717) is 22.3 Å². The van der Waals surface area contributed by atoms with Gasteiger partial charge >= 0.3 is 0 Å². The summed E-state index contributed by atoms with van der Waals surface area (Å²) in [5.41, 5.74) is 1.30.